The highest BCUT2D eigenvalue weighted by Gasteiger charge is 2.16. The molecule has 0 unspecified atom stereocenters. The van der Waals surface area contributed by atoms with Gasteiger partial charge in [-0.1, -0.05) is 0 Å². The molecule has 62 valence electrons. The van der Waals surface area contributed by atoms with Gasteiger partial charge in [0.1, 0.15) is 11.6 Å². The largest absolute Gasteiger partial charge is 0.309 e. The van der Waals surface area contributed by atoms with E-state index in [4.69, 9.17) is 0 Å². The molecule has 1 aliphatic rings. The summed E-state index contributed by atoms with van der Waals surface area (Å²) in [4.78, 5) is 20.0. The lowest BCUT2D eigenvalue weighted by Gasteiger charge is -2.13. The van der Waals surface area contributed by atoms with E-state index >= 15 is 0 Å². The van der Waals surface area contributed by atoms with Crippen LogP contribution in [-0.4, -0.2) is 21.6 Å². The summed E-state index contributed by atoms with van der Waals surface area (Å²) < 4.78 is 0. The number of aryl methyl sites for hydroxylation is 1. The van der Waals surface area contributed by atoms with Crippen LogP contribution in [0.1, 0.15) is 5.82 Å². The minimum absolute atomic E-state index is 0.00519. The van der Waals surface area contributed by atoms with E-state index in [1.54, 1.807) is 13.1 Å². The van der Waals surface area contributed by atoms with Gasteiger partial charge >= 0.3 is 0 Å². The van der Waals surface area contributed by atoms with Gasteiger partial charge in [0.25, 0.3) is 0 Å². The Bertz CT molecular complexity index is 339. The number of aromatic nitrogens is 2. The van der Waals surface area contributed by atoms with E-state index in [0.717, 1.165) is 4.90 Å². The van der Waals surface area contributed by atoms with Crippen LogP contribution in [0.15, 0.2) is 11.1 Å². The maximum absolute atomic E-state index is 10.9. The van der Waals surface area contributed by atoms with Crippen LogP contribution in [0.4, 0.5) is 5.82 Å². The summed E-state index contributed by atoms with van der Waals surface area (Å²) in [7, 11) is 0. The van der Waals surface area contributed by atoms with Gasteiger partial charge < -0.3 is 5.32 Å². The minimum atomic E-state index is 0.00519. The van der Waals surface area contributed by atoms with Crippen molar-refractivity contribution in [2.45, 2.75) is 11.8 Å². The standard InChI is InChI=1S/C7H7N3OS/c1-4-8-2-5-7(9-4)10-6(11)3-12-5/h2H,3H2,1H3,(H,8,9,10,11). The Hall–Kier alpha value is -1.10. The van der Waals surface area contributed by atoms with Crippen molar-refractivity contribution in [3.05, 3.63) is 12.0 Å². The Morgan fingerprint density at radius 2 is 2.50 bits per heavy atom. The molecule has 2 rings (SSSR count). The average molecular weight is 181 g/mol. The molecular formula is C7H7N3OS. The first-order chi connectivity index (χ1) is 5.75. The number of rotatable bonds is 0. The van der Waals surface area contributed by atoms with Gasteiger partial charge in [-0.25, -0.2) is 9.97 Å². The molecule has 1 aromatic rings. The van der Waals surface area contributed by atoms with E-state index in [2.05, 4.69) is 15.3 Å². The predicted molar refractivity (Wildman–Crippen MR) is 46.1 cm³/mol. The minimum Gasteiger partial charge on any atom is -0.309 e. The second-order valence-electron chi connectivity index (χ2n) is 2.47. The Morgan fingerprint density at radius 1 is 1.67 bits per heavy atom. The summed E-state index contributed by atoms with van der Waals surface area (Å²) >= 11 is 1.47. The molecular weight excluding hydrogens is 174 g/mol. The van der Waals surface area contributed by atoms with Gasteiger partial charge in [0.15, 0.2) is 0 Å². The van der Waals surface area contributed by atoms with Crippen LogP contribution in [0.5, 0.6) is 0 Å². The van der Waals surface area contributed by atoms with E-state index in [0.29, 0.717) is 17.4 Å². The molecule has 0 bridgehead atoms. The zero-order valence-corrected chi connectivity index (χ0v) is 7.31. The number of amides is 1. The van der Waals surface area contributed by atoms with E-state index in [9.17, 15) is 4.79 Å². The van der Waals surface area contributed by atoms with Crippen LogP contribution in [0.25, 0.3) is 0 Å². The Morgan fingerprint density at radius 3 is 3.33 bits per heavy atom. The third kappa shape index (κ3) is 1.27. The predicted octanol–water partition coefficient (Wildman–Crippen LogP) is 0.829. The van der Waals surface area contributed by atoms with E-state index in [-0.39, 0.29) is 5.91 Å². The van der Waals surface area contributed by atoms with Gasteiger partial charge in [0.05, 0.1) is 10.6 Å². The Balaban J connectivity index is 2.44. The van der Waals surface area contributed by atoms with Crippen molar-refractivity contribution in [3.8, 4) is 0 Å². The van der Waals surface area contributed by atoms with Crippen LogP contribution in [0.3, 0.4) is 0 Å². The summed E-state index contributed by atoms with van der Waals surface area (Å²) in [6, 6.07) is 0. The Kier molecular flexibility index (Phi) is 1.73. The molecule has 0 spiro atoms. The Labute approximate surface area is 73.8 Å². The normalized spacial score (nSPS) is 15.2. The van der Waals surface area contributed by atoms with Crippen molar-refractivity contribution in [2.24, 2.45) is 0 Å². The van der Waals surface area contributed by atoms with E-state index in [1.165, 1.54) is 11.8 Å². The summed E-state index contributed by atoms with van der Waals surface area (Å²) in [5.74, 6) is 1.78. The lowest BCUT2D eigenvalue weighted by Crippen LogP contribution is -2.20. The van der Waals surface area contributed by atoms with Crippen molar-refractivity contribution in [1.29, 1.82) is 0 Å². The molecule has 1 N–H and O–H groups in total. The number of carbonyl (C=O) groups excluding carboxylic acids is 1. The summed E-state index contributed by atoms with van der Waals surface area (Å²) in [5.41, 5.74) is 0. The fraction of sp³-hybridized carbons (Fsp3) is 0.286. The fourth-order valence-corrected chi connectivity index (χ4v) is 1.68. The highest BCUT2D eigenvalue weighted by Crippen LogP contribution is 2.28. The van der Waals surface area contributed by atoms with Gasteiger partial charge in [0.2, 0.25) is 5.91 Å². The van der Waals surface area contributed by atoms with Crippen LogP contribution in [0, 0.1) is 6.92 Å². The maximum Gasteiger partial charge on any atom is 0.235 e. The molecule has 0 saturated heterocycles. The molecule has 1 aliphatic heterocycles. The number of hydrogen-bond donors (Lipinski definition) is 1. The molecule has 0 saturated carbocycles. The molecule has 1 amide bonds. The quantitative estimate of drug-likeness (QED) is 0.644. The van der Waals surface area contributed by atoms with E-state index < -0.39 is 0 Å². The van der Waals surface area contributed by atoms with Crippen LogP contribution < -0.4 is 5.32 Å². The first kappa shape index (κ1) is 7.54. The zero-order chi connectivity index (χ0) is 8.55. The topological polar surface area (TPSA) is 54.9 Å². The first-order valence-corrected chi connectivity index (χ1v) is 4.50. The van der Waals surface area contributed by atoms with Crippen LogP contribution in [0.2, 0.25) is 0 Å². The number of carbonyl (C=O) groups is 1. The fourth-order valence-electron chi connectivity index (χ4n) is 0.966. The average Bonchev–Trinajstić information content (AvgIpc) is 2.03. The summed E-state index contributed by atoms with van der Waals surface area (Å²) in [6.45, 7) is 1.80. The maximum atomic E-state index is 10.9. The first-order valence-electron chi connectivity index (χ1n) is 3.52. The molecule has 0 radical (unpaired) electrons. The van der Waals surface area contributed by atoms with Crippen molar-refractivity contribution in [3.63, 3.8) is 0 Å². The van der Waals surface area contributed by atoms with Gasteiger partial charge in [0, 0.05) is 6.20 Å². The van der Waals surface area contributed by atoms with Crippen molar-refractivity contribution >= 4 is 23.5 Å². The smallest absolute Gasteiger partial charge is 0.235 e. The molecule has 0 atom stereocenters. The summed E-state index contributed by atoms with van der Waals surface area (Å²) in [5, 5.41) is 2.69. The number of fused-ring (bicyclic) bond motifs is 1. The molecule has 5 heteroatoms. The number of nitrogens with zero attached hydrogens (tertiary/aromatic N) is 2. The van der Waals surface area contributed by atoms with Gasteiger partial charge in [-0.3, -0.25) is 4.79 Å². The molecule has 4 nitrogen and oxygen atoms in total. The molecule has 0 aromatic carbocycles. The monoisotopic (exact) mass is 181 g/mol. The second kappa shape index (κ2) is 2.75. The molecule has 1 aromatic heterocycles. The lowest BCUT2D eigenvalue weighted by molar-refractivity contribution is -0.113. The SMILES string of the molecule is Cc1ncc2c(n1)NC(=O)CS2. The number of hydrogen-bond acceptors (Lipinski definition) is 4. The number of thioether (sulfide) groups is 1. The highest BCUT2D eigenvalue weighted by atomic mass is 32.2. The molecule has 0 fully saturated rings. The van der Waals surface area contributed by atoms with Crippen molar-refractivity contribution in [2.75, 3.05) is 11.1 Å². The van der Waals surface area contributed by atoms with Gasteiger partial charge in [-0.2, -0.15) is 0 Å². The van der Waals surface area contributed by atoms with Crippen molar-refractivity contribution < 1.29 is 4.79 Å². The van der Waals surface area contributed by atoms with Crippen LogP contribution in [-0.2, 0) is 4.79 Å². The second-order valence-corrected chi connectivity index (χ2v) is 3.48. The lowest BCUT2D eigenvalue weighted by atomic mass is 10.5. The number of nitrogens with one attached hydrogen (secondary N) is 1. The highest BCUT2D eigenvalue weighted by molar-refractivity contribution is 8.00. The van der Waals surface area contributed by atoms with Gasteiger partial charge in [-0.05, 0) is 6.92 Å². The number of anilines is 1. The molecule has 12 heavy (non-hydrogen) atoms. The third-order valence-corrected chi connectivity index (χ3v) is 2.51. The van der Waals surface area contributed by atoms with Crippen molar-refractivity contribution in [1.82, 2.24) is 9.97 Å². The summed E-state index contributed by atoms with van der Waals surface area (Å²) in [6.07, 6.45) is 1.74. The van der Waals surface area contributed by atoms with E-state index in [1.807, 2.05) is 0 Å². The molecule has 0 aliphatic carbocycles. The third-order valence-electron chi connectivity index (χ3n) is 1.49. The van der Waals surface area contributed by atoms with Crippen LogP contribution >= 0.6 is 11.8 Å². The van der Waals surface area contributed by atoms with Gasteiger partial charge in [-0.15, -0.1) is 11.8 Å². The zero-order valence-electron chi connectivity index (χ0n) is 6.50. The molecule has 2 heterocycles.